The second-order valence-corrected chi connectivity index (χ2v) is 5.95. The molecule has 1 aromatic carbocycles. The summed E-state index contributed by atoms with van der Waals surface area (Å²) in [6, 6.07) is 7.21. The fraction of sp³-hybridized carbons (Fsp3) is 0.353. The number of hydrogen-bond acceptors (Lipinski definition) is 3. The van der Waals surface area contributed by atoms with E-state index in [0.717, 1.165) is 12.8 Å². The zero-order valence-electron chi connectivity index (χ0n) is 13.4. The number of likely N-dealkylation sites (tertiary alicyclic amines) is 1. The first-order valence-electron chi connectivity index (χ1n) is 7.91. The van der Waals surface area contributed by atoms with Crippen molar-refractivity contribution in [2.75, 3.05) is 18.4 Å². The molecule has 0 unspecified atom stereocenters. The number of aryl methyl sites for hydroxylation is 1. The van der Waals surface area contributed by atoms with Crippen molar-refractivity contribution in [3.63, 3.8) is 0 Å². The molecule has 2 heterocycles. The van der Waals surface area contributed by atoms with Gasteiger partial charge in [-0.1, -0.05) is 12.1 Å². The lowest BCUT2D eigenvalue weighted by atomic mass is 9.94. The largest absolute Gasteiger partial charge is 0.324 e. The van der Waals surface area contributed by atoms with Gasteiger partial charge in [0.1, 0.15) is 11.6 Å². The van der Waals surface area contributed by atoms with Crippen LogP contribution in [0.1, 0.15) is 30.3 Å². The predicted octanol–water partition coefficient (Wildman–Crippen LogP) is 2.63. The number of carbonyl (C=O) groups is 1. The number of amides is 2. The molecule has 7 heteroatoms. The average Bonchev–Trinajstić information content (AvgIpc) is 2.56. The molecule has 1 aliphatic heterocycles. The normalized spacial score (nSPS) is 17.6. The molecule has 1 aliphatic rings. The summed E-state index contributed by atoms with van der Waals surface area (Å²) in [4.78, 5) is 32.6. The van der Waals surface area contributed by atoms with Crippen molar-refractivity contribution in [2.24, 2.45) is 0 Å². The molecule has 0 bridgehead atoms. The average molecular weight is 330 g/mol. The van der Waals surface area contributed by atoms with Crippen LogP contribution in [0.4, 0.5) is 14.9 Å². The van der Waals surface area contributed by atoms with Crippen molar-refractivity contribution in [1.82, 2.24) is 14.9 Å². The number of carbonyl (C=O) groups excluding carboxylic acids is 1. The minimum absolute atomic E-state index is 0.00567. The highest BCUT2D eigenvalue weighted by molar-refractivity contribution is 5.89. The van der Waals surface area contributed by atoms with Crippen molar-refractivity contribution >= 4 is 11.7 Å². The van der Waals surface area contributed by atoms with Crippen molar-refractivity contribution in [3.8, 4) is 0 Å². The van der Waals surface area contributed by atoms with Crippen LogP contribution >= 0.6 is 0 Å². The molecule has 0 saturated carbocycles. The number of anilines is 1. The van der Waals surface area contributed by atoms with Crippen LogP contribution < -0.4 is 10.9 Å². The van der Waals surface area contributed by atoms with Gasteiger partial charge in [0.05, 0.1) is 11.4 Å². The number of halogens is 1. The minimum atomic E-state index is -0.466. The number of benzene rings is 1. The predicted molar refractivity (Wildman–Crippen MR) is 88.6 cm³/mol. The smallest absolute Gasteiger partial charge is 0.321 e. The van der Waals surface area contributed by atoms with Crippen molar-refractivity contribution in [2.45, 2.75) is 25.7 Å². The number of nitrogens with zero attached hydrogens (tertiary/aromatic N) is 2. The van der Waals surface area contributed by atoms with E-state index in [0.29, 0.717) is 24.6 Å². The summed E-state index contributed by atoms with van der Waals surface area (Å²) in [5.74, 6) is 0.0999. The van der Waals surface area contributed by atoms with E-state index in [9.17, 15) is 14.0 Å². The first-order chi connectivity index (χ1) is 11.5. The fourth-order valence-corrected chi connectivity index (χ4v) is 2.97. The maximum Gasteiger partial charge on any atom is 0.321 e. The highest BCUT2D eigenvalue weighted by Gasteiger charge is 2.26. The van der Waals surface area contributed by atoms with E-state index in [1.165, 1.54) is 18.2 Å². The Morgan fingerprint density at radius 2 is 2.21 bits per heavy atom. The second kappa shape index (κ2) is 6.82. The summed E-state index contributed by atoms with van der Waals surface area (Å²) >= 11 is 0. The Hall–Kier alpha value is -2.70. The lowest BCUT2D eigenvalue weighted by molar-refractivity contribution is 0.192. The van der Waals surface area contributed by atoms with Gasteiger partial charge in [-0.25, -0.2) is 14.2 Å². The van der Waals surface area contributed by atoms with Crippen LogP contribution in [0.5, 0.6) is 0 Å². The Kier molecular flexibility index (Phi) is 4.59. The number of rotatable bonds is 2. The van der Waals surface area contributed by atoms with Gasteiger partial charge in [-0.05, 0) is 31.9 Å². The summed E-state index contributed by atoms with van der Waals surface area (Å²) in [5, 5.41) is 2.60. The summed E-state index contributed by atoms with van der Waals surface area (Å²) in [6.07, 6.45) is 1.67. The summed E-state index contributed by atoms with van der Waals surface area (Å²) in [5.41, 5.74) is 0.667. The Morgan fingerprint density at radius 1 is 1.42 bits per heavy atom. The molecule has 6 nitrogen and oxygen atoms in total. The quantitative estimate of drug-likeness (QED) is 0.888. The molecule has 2 amide bonds. The van der Waals surface area contributed by atoms with E-state index in [1.54, 1.807) is 24.0 Å². The van der Waals surface area contributed by atoms with Crippen molar-refractivity contribution < 1.29 is 9.18 Å². The Morgan fingerprint density at radius 3 is 2.96 bits per heavy atom. The third-order valence-electron chi connectivity index (χ3n) is 4.12. The first kappa shape index (κ1) is 16.2. The van der Waals surface area contributed by atoms with Gasteiger partial charge in [-0.3, -0.25) is 4.79 Å². The number of H-pyrrole nitrogens is 1. The van der Waals surface area contributed by atoms with E-state index in [1.807, 2.05) is 0 Å². The van der Waals surface area contributed by atoms with Crippen LogP contribution in [0.15, 0.2) is 35.1 Å². The molecular weight excluding hydrogens is 311 g/mol. The molecule has 126 valence electrons. The summed E-state index contributed by atoms with van der Waals surface area (Å²) in [6.45, 7) is 2.78. The third kappa shape index (κ3) is 3.61. The van der Waals surface area contributed by atoms with Gasteiger partial charge < -0.3 is 15.2 Å². The molecule has 0 spiro atoms. The standard InChI is InChI=1S/C17H19FN4O2/c1-11-19-15(9-16(23)20-11)12-5-4-8-22(10-12)17(24)21-14-7-3-2-6-13(14)18/h2-3,6-7,9,12H,4-5,8,10H2,1H3,(H,21,24)(H,19,20,23)/t12-/m0/s1. The monoisotopic (exact) mass is 330 g/mol. The number of nitrogens with one attached hydrogen (secondary N) is 2. The van der Waals surface area contributed by atoms with Crippen LogP contribution in [0.3, 0.4) is 0 Å². The van der Waals surface area contributed by atoms with Gasteiger partial charge in [0.15, 0.2) is 0 Å². The number of piperidine rings is 1. The zero-order chi connectivity index (χ0) is 17.1. The molecule has 2 N–H and O–H groups in total. The van der Waals surface area contributed by atoms with Gasteiger partial charge >= 0.3 is 6.03 Å². The van der Waals surface area contributed by atoms with E-state index < -0.39 is 5.82 Å². The lowest BCUT2D eigenvalue weighted by Gasteiger charge is -2.32. The van der Waals surface area contributed by atoms with E-state index in [4.69, 9.17) is 0 Å². The molecule has 2 aromatic rings. The Balaban J connectivity index is 1.72. The van der Waals surface area contributed by atoms with Gasteiger partial charge in [0, 0.05) is 25.1 Å². The van der Waals surface area contributed by atoms with E-state index in [2.05, 4.69) is 15.3 Å². The number of urea groups is 1. The van der Waals surface area contributed by atoms with E-state index >= 15 is 0 Å². The highest BCUT2D eigenvalue weighted by Crippen LogP contribution is 2.25. The van der Waals surface area contributed by atoms with Crippen molar-refractivity contribution in [3.05, 3.63) is 58.0 Å². The molecule has 1 atom stereocenters. The molecule has 1 aromatic heterocycles. The van der Waals surface area contributed by atoms with Gasteiger partial charge in [-0.15, -0.1) is 0 Å². The molecule has 1 saturated heterocycles. The van der Waals surface area contributed by atoms with E-state index in [-0.39, 0.29) is 23.2 Å². The molecule has 24 heavy (non-hydrogen) atoms. The van der Waals surface area contributed by atoms with Crippen LogP contribution in [0.2, 0.25) is 0 Å². The molecule has 0 radical (unpaired) electrons. The third-order valence-corrected chi connectivity index (χ3v) is 4.12. The van der Waals surface area contributed by atoms with Gasteiger partial charge in [-0.2, -0.15) is 0 Å². The van der Waals surface area contributed by atoms with Crippen LogP contribution in [-0.2, 0) is 0 Å². The van der Waals surface area contributed by atoms with Crippen molar-refractivity contribution in [1.29, 1.82) is 0 Å². The van der Waals surface area contributed by atoms with Gasteiger partial charge in [0.25, 0.3) is 5.56 Å². The van der Waals surface area contributed by atoms with Crippen LogP contribution in [0, 0.1) is 12.7 Å². The number of aromatic amines is 1. The number of aromatic nitrogens is 2. The lowest BCUT2D eigenvalue weighted by Crippen LogP contribution is -2.42. The Labute approximate surface area is 138 Å². The molecule has 0 aliphatic carbocycles. The first-order valence-corrected chi connectivity index (χ1v) is 7.91. The zero-order valence-corrected chi connectivity index (χ0v) is 13.4. The maximum absolute atomic E-state index is 13.7. The molecule has 3 rings (SSSR count). The maximum atomic E-state index is 13.7. The second-order valence-electron chi connectivity index (χ2n) is 5.95. The van der Waals surface area contributed by atoms with Crippen LogP contribution in [-0.4, -0.2) is 34.0 Å². The molecule has 1 fully saturated rings. The summed E-state index contributed by atoms with van der Waals surface area (Å²) in [7, 11) is 0. The molecular formula is C17H19FN4O2. The SMILES string of the molecule is Cc1nc([C@H]2CCCN(C(=O)Nc3ccccc3F)C2)cc(=O)[nH]1. The number of hydrogen-bond donors (Lipinski definition) is 2. The topological polar surface area (TPSA) is 78.1 Å². The number of para-hydroxylation sites is 1. The Bertz CT molecular complexity index is 805. The van der Waals surface area contributed by atoms with Gasteiger partial charge in [0.2, 0.25) is 0 Å². The fourth-order valence-electron chi connectivity index (χ4n) is 2.97. The summed E-state index contributed by atoms with van der Waals surface area (Å²) < 4.78 is 13.7. The highest BCUT2D eigenvalue weighted by atomic mass is 19.1. The van der Waals surface area contributed by atoms with Crippen LogP contribution in [0.25, 0.3) is 0 Å². The minimum Gasteiger partial charge on any atom is -0.324 e.